The highest BCUT2D eigenvalue weighted by Gasteiger charge is 2.13. The zero-order chi connectivity index (χ0) is 13.0. The normalized spacial score (nSPS) is 10.3. The third-order valence-electron chi connectivity index (χ3n) is 3.25. The van der Waals surface area contributed by atoms with Crippen molar-refractivity contribution < 1.29 is 0 Å². The molecule has 0 spiro atoms. The molecule has 0 aliphatic carbocycles. The zero-order valence-electron chi connectivity index (χ0n) is 10.9. The summed E-state index contributed by atoms with van der Waals surface area (Å²) in [5.74, 6) is 0.177. The van der Waals surface area contributed by atoms with E-state index in [0.717, 1.165) is 0 Å². The highest BCUT2D eigenvalue weighted by molar-refractivity contribution is 5.36. The maximum atomic E-state index is 9.02. The van der Waals surface area contributed by atoms with Gasteiger partial charge in [0.2, 0.25) is 0 Å². The van der Waals surface area contributed by atoms with Gasteiger partial charge in [-0.05, 0) is 25.0 Å². The van der Waals surface area contributed by atoms with Gasteiger partial charge in [0.15, 0.2) is 0 Å². The molecule has 0 heterocycles. The lowest BCUT2D eigenvalue weighted by Gasteiger charge is -2.15. The van der Waals surface area contributed by atoms with Gasteiger partial charge in [0.25, 0.3) is 0 Å². The van der Waals surface area contributed by atoms with E-state index in [4.69, 9.17) is 5.26 Å². The number of nitrogens with zero attached hydrogens (tertiary/aromatic N) is 1. The van der Waals surface area contributed by atoms with E-state index in [9.17, 15) is 0 Å². The van der Waals surface area contributed by atoms with Crippen LogP contribution in [0.4, 0.5) is 0 Å². The molecule has 1 heteroatoms. The number of hydrogen-bond donors (Lipinski definition) is 0. The number of benzene rings is 2. The molecule has 2 aromatic carbocycles. The molecule has 0 aromatic heterocycles. The lowest BCUT2D eigenvalue weighted by atomic mass is 9.88. The molecule has 0 fully saturated rings. The van der Waals surface area contributed by atoms with Crippen molar-refractivity contribution in [1.82, 2.24) is 0 Å². The molecule has 0 radical (unpaired) electrons. The maximum Gasteiger partial charge on any atom is 0.0631 e. The number of nitriles is 1. The Kier molecular flexibility index (Phi) is 3.79. The summed E-state index contributed by atoms with van der Waals surface area (Å²) in [6.07, 6.45) is 0.520. The van der Waals surface area contributed by atoms with Crippen molar-refractivity contribution in [1.29, 1.82) is 5.26 Å². The smallest absolute Gasteiger partial charge is 0.0631 e. The molecule has 0 bridgehead atoms. The molecule has 0 atom stereocenters. The molecule has 18 heavy (non-hydrogen) atoms. The number of rotatable bonds is 3. The Hall–Kier alpha value is -2.07. The largest absolute Gasteiger partial charge is 0.198 e. The van der Waals surface area contributed by atoms with Gasteiger partial charge in [0.05, 0.1) is 6.07 Å². The minimum Gasteiger partial charge on any atom is -0.198 e. The second-order valence-electron chi connectivity index (χ2n) is 4.74. The van der Waals surface area contributed by atoms with Crippen LogP contribution < -0.4 is 0 Å². The molecule has 2 rings (SSSR count). The molecule has 2 aromatic rings. The second kappa shape index (κ2) is 5.51. The van der Waals surface area contributed by atoms with E-state index in [-0.39, 0.29) is 5.92 Å². The van der Waals surface area contributed by atoms with Gasteiger partial charge in [0.1, 0.15) is 0 Å². The zero-order valence-corrected chi connectivity index (χ0v) is 10.9. The van der Waals surface area contributed by atoms with Crippen LogP contribution in [0.3, 0.4) is 0 Å². The predicted octanol–water partition coefficient (Wildman–Crippen LogP) is 4.35. The van der Waals surface area contributed by atoms with E-state index >= 15 is 0 Å². The highest BCUT2D eigenvalue weighted by Crippen LogP contribution is 2.28. The summed E-state index contributed by atoms with van der Waals surface area (Å²) in [7, 11) is 0. The van der Waals surface area contributed by atoms with Gasteiger partial charge >= 0.3 is 0 Å². The van der Waals surface area contributed by atoms with Gasteiger partial charge in [-0.1, -0.05) is 59.7 Å². The maximum absolute atomic E-state index is 9.02. The van der Waals surface area contributed by atoms with Gasteiger partial charge in [-0.2, -0.15) is 5.26 Å². The topological polar surface area (TPSA) is 23.8 Å². The molecule has 0 amide bonds. The van der Waals surface area contributed by atoms with Gasteiger partial charge in [-0.3, -0.25) is 0 Å². The summed E-state index contributed by atoms with van der Waals surface area (Å²) < 4.78 is 0. The van der Waals surface area contributed by atoms with E-state index < -0.39 is 0 Å². The van der Waals surface area contributed by atoms with Gasteiger partial charge in [-0.15, -0.1) is 0 Å². The van der Waals surface area contributed by atoms with Gasteiger partial charge < -0.3 is 0 Å². The lowest BCUT2D eigenvalue weighted by molar-refractivity contribution is 0.837. The van der Waals surface area contributed by atoms with Crippen molar-refractivity contribution in [3.63, 3.8) is 0 Å². The van der Waals surface area contributed by atoms with Crippen LogP contribution in [-0.4, -0.2) is 0 Å². The standard InChI is InChI=1S/C17H17N/c1-13-3-7-15(8-4-13)17(11-12-18)16-9-5-14(2)6-10-16/h3-10,17H,11H2,1-2H3. The fourth-order valence-corrected chi connectivity index (χ4v) is 2.12. The predicted molar refractivity (Wildman–Crippen MR) is 74.4 cm³/mol. The summed E-state index contributed by atoms with van der Waals surface area (Å²) in [4.78, 5) is 0. The Balaban J connectivity index is 2.36. The fraction of sp³-hybridized carbons (Fsp3) is 0.235. The quantitative estimate of drug-likeness (QED) is 0.776. The third kappa shape index (κ3) is 2.78. The molecule has 0 saturated carbocycles. The molecule has 0 saturated heterocycles. The SMILES string of the molecule is Cc1ccc(C(CC#N)c2ccc(C)cc2)cc1. The fourth-order valence-electron chi connectivity index (χ4n) is 2.12. The van der Waals surface area contributed by atoms with Crippen LogP contribution in [0.25, 0.3) is 0 Å². The summed E-state index contributed by atoms with van der Waals surface area (Å²) in [6, 6.07) is 19.2. The van der Waals surface area contributed by atoms with E-state index in [0.29, 0.717) is 6.42 Å². The van der Waals surface area contributed by atoms with Crippen molar-refractivity contribution in [2.45, 2.75) is 26.2 Å². The first-order chi connectivity index (χ1) is 8.70. The van der Waals surface area contributed by atoms with Crippen LogP contribution in [0.5, 0.6) is 0 Å². The molecule has 1 nitrogen and oxygen atoms in total. The van der Waals surface area contributed by atoms with E-state index in [1.165, 1.54) is 22.3 Å². The first-order valence-corrected chi connectivity index (χ1v) is 6.21. The van der Waals surface area contributed by atoms with Crippen molar-refractivity contribution >= 4 is 0 Å². The lowest BCUT2D eigenvalue weighted by Crippen LogP contribution is -2.00. The van der Waals surface area contributed by atoms with Gasteiger partial charge in [-0.25, -0.2) is 0 Å². The second-order valence-corrected chi connectivity index (χ2v) is 4.74. The summed E-state index contributed by atoms with van der Waals surface area (Å²) in [5.41, 5.74) is 4.92. The minimum atomic E-state index is 0.177. The monoisotopic (exact) mass is 235 g/mol. The van der Waals surface area contributed by atoms with Crippen molar-refractivity contribution in [2.24, 2.45) is 0 Å². The molecular formula is C17H17N. The highest BCUT2D eigenvalue weighted by atomic mass is 14.3. The Labute approximate surface area is 109 Å². The minimum absolute atomic E-state index is 0.177. The van der Waals surface area contributed by atoms with Crippen LogP contribution in [0.1, 0.15) is 34.6 Å². The van der Waals surface area contributed by atoms with Crippen molar-refractivity contribution in [2.75, 3.05) is 0 Å². The first-order valence-electron chi connectivity index (χ1n) is 6.21. The average molecular weight is 235 g/mol. The number of aryl methyl sites for hydroxylation is 2. The molecule has 90 valence electrons. The summed E-state index contributed by atoms with van der Waals surface area (Å²) >= 11 is 0. The Morgan fingerprint density at radius 2 is 1.22 bits per heavy atom. The summed E-state index contributed by atoms with van der Waals surface area (Å²) in [5, 5.41) is 9.02. The van der Waals surface area contributed by atoms with Crippen molar-refractivity contribution in [3.8, 4) is 6.07 Å². The Morgan fingerprint density at radius 1 is 0.833 bits per heavy atom. The van der Waals surface area contributed by atoms with Gasteiger partial charge in [0, 0.05) is 12.3 Å². The van der Waals surface area contributed by atoms with Crippen LogP contribution in [0.15, 0.2) is 48.5 Å². The molecular weight excluding hydrogens is 218 g/mol. The Bertz CT molecular complexity index is 498. The molecule has 0 N–H and O–H groups in total. The van der Waals surface area contributed by atoms with Crippen LogP contribution in [0.2, 0.25) is 0 Å². The average Bonchev–Trinajstić information content (AvgIpc) is 2.39. The molecule has 0 aliphatic heterocycles. The van der Waals surface area contributed by atoms with Crippen molar-refractivity contribution in [3.05, 3.63) is 70.8 Å². The van der Waals surface area contributed by atoms with E-state index in [2.05, 4.69) is 68.4 Å². The molecule has 0 aliphatic rings. The summed E-state index contributed by atoms with van der Waals surface area (Å²) in [6.45, 7) is 4.16. The van der Waals surface area contributed by atoms with Crippen LogP contribution in [0, 0.1) is 25.2 Å². The van der Waals surface area contributed by atoms with Crippen LogP contribution >= 0.6 is 0 Å². The van der Waals surface area contributed by atoms with E-state index in [1.807, 2.05) is 0 Å². The third-order valence-corrected chi connectivity index (χ3v) is 3.25. The van der Waals surface area contributed by atoms with Crippen LogP contribution in [-0.2, 0) is 0 Å². The van der Waals surface area contributed by atoms with E-state index in [1.54, 1.807) is 0 Å². The number of hydrogen-bond acceptors (Lipinski definition) is 1. The Morgan fingerprint density at radius 3 is 1.56 bits per heavy atom. The first kappa shape index (κ1) is 12.4. The molecule has 0 unspecified atom stereocenters.